The third-order valence-corrected chi connectivity index (χ3v) is 3.85. The van der Waals surface area contributed by atoms with Gasteiger partial charge < -0.3 is 13.6 Å². The van der Waals surface area contributed by atoms with Crippen molar-refractivity contribution >= 4 is 27.4 Å². The summed E-state index contributed by atoms with van der Waals surface area (Å²) >= 11 is 0. The van der Waals surface area contributed by atoms with Gasteiger partial charge >= 0.3 is 8.80 Å². The van der Waals surface area contributed by atoms with Crippen LogP contribution in [0.25, 0.3) is 0 Å². The second kappa shape index (κ2) is 13.4. The van der Waals surface area contributed by atoms with Crippen LogP contribution in [0.1, 0.15) is 59.3 Å². The fourth-order valence-corrected chi connectivity index (χ4v) is 2.03. The highest BCUT2D eigenvalue weighted by atomic mass is 28.4. The van der Waals surface area contributed by atoms with Crippen LogP contribution in [0, 0.1) is 0 Å². The average molecular weight is 313 g/mol. The van der Waals surface area contributed by atoms with Crippen molar-refractivity contribution in [2.75, 3.05) is 0 Å². The molecule has 0 radical (unpaired) electrons. The van der Waals surface area contributed by atoms with Gasteiger partial charge in [-0.3, -0.25) is 0 Å². The SMILES string of the molecule is C=C[Si](ON=CCCC)(ON=CCCC)ON=CCCC. The summed E-state index contributed by atoms with van der Waals surface area (Å²) in [7, 11) is -3.25. The van der Waals surface area contributed by atoms with E-state index in [4.69, 9.17) is 13.6 Å². The van der Waals surface area contributed by atoms with Crippen LogP contribution < -0.4 is 0 Å². The Labute approximate surface area is 128 Å². The molecule has 0 aromatic carbocycles. The number of rotatable bonds is 13. The molecular formula is C14H27N3O3Si. The zero-order chi connectivity index (χ0) is 15.8. The van der Waals surface area contributed by atoms with Crippen LogP contribution in [0.2, 0.25) is 0 Å². The molecule has 0 aliphatic heterocycles. The summed E-state index contributed by atoms with van der Waals surface area (Å²) in [5, 5.41) is 11.6. The number of nitrogens with zero attached hydrogens (tertiary/aromatic N) is 3. The van der Waals surface area contributed by atoms with E-state index in [1.54, 1.807) is 18.6 Å². The molecule has 0 bridgehead atoms. The van der Waals surface area contributed by atoms with Crippen LogP contribution >= 0.6 is 0 Å². The van der Waals surface area contributed by atoms with Crippen molar-refractivity contribution in [2.45, 2.75) is 59.3 Å². The average Bonchev–Trinajstić information content (AvgIpc) is 2.51. The van der Waals surface area contributed by atoms with Gasteiger partial charge in [0.05, 0.1) is 0 Å². The molecular weight excluding hydrogens is 286 g/mol. The zero-order valence-corrected chi connectivity index (χ0v) is 14.3. The molecule has 120 valence electrons. The van der Waals surface area contributed by atoms with Crippen molar-refractivity contribution in [1.82, 2.24) is 0 Å². The Kier molecular flexibility index (Phi) is 12.3. The first-order chi connectivity index (χ1) is 10.2. The second-order valence-electron chi connectivity index (χ2n) is 4.31. The summed E-state index contributed by atoms with van der Waals surface area (Å²) in [5.41, 5.74) is 1.46. The van der Waals surface area contributed by atoms with Gasteiger partial charge in [0, 0.05) is 24.3 Å². The smallest absolute Gasteiger partial charge is 0.370 e. The molecule has 0 N–H and O–H groups in total. The monoisotopic (exact) mass is 313 g/mol. The minimum atomic E-state index is -3.25. The summed E-state index contributed by atoms with van der Waals surface area (Å²) < 4.78 is 16.1. The van der Waals surface area contributed by atoms with Crippen molar-refractivity contribution in [3.8, 4) is 0 Å². The maximum Gasteiger partial charge on any atom is 0.791 e. The molecule has 0 saturated carbocycles. The molecule has 0 amide bonds. The van der Waals surface area contributed by atoms with Crippen molar-refractivity contribution in [3.63, 3.8) is 0 Å². The first-order valence-electron chi connectivity index (χ1n) is 7.48. The van der Waals surface area contributed by atoms with Gasteiger partial charge in [0.25, 0.3) is 0 Å². The summed E-state index contributed by atoms with van der Waals surface area (Å²) in [4.78, 5) is 0. The maximum atomic E-state index is 5.36. The van der Waals surface area contributed by atoms with Crippen molar-refractivity contribution in [1.29, 1.82) is 0 Å². The van der Waals surface area contributed by atoms with Crippen molar-refractivity contribution in [2.24, 2.45) is 15.5 Å². The standard InChI is InChI=1S/C14H27N3O3Si/c1-5-9-12-15-18-21(8-4,19-16-13-10-6-2)20-17-14-11-7-3/h8,12-14H,4-7,9-11H2,1-3H3. The van der Waals surface area contributed by atoms with Crippen LogP contribution in [-0.4, -0.2) is 27.4 Å². The van der Waals surface area contributed by atoms with Crippen LogP contribution in [0.4, 0.5) is 0 Å². The van der Waals surface area contributed by atoms with Crippen LogP contribution in [0.15, 0.2) is 27.7 Å². The highest BCUT2D eigenvalue weighted by Crippen LogP contribution is 2.13. The third kappa shape index (κ3) is 9.83. The molecule has 0 aromatic rings. The number of hydrogen-bond donors (Lipinski definition) is 0. The minimum Gasteiger partial charge on any atom is -0.370 e. The largest absolute Gasteiger partial charge is 0.791 e. The molecule has 0 aliphatic carbocycles. The van der Waals surface area contributed by atoms with Crippen LogP contribution in [0.5, 0.6) is 0 Å². The molecule has 0 heterocycles. The lowest BCUT2D eigenvalue weighted by Gasteiger charge is -2.17. The van der Waals surface area contributed by atoms with E-state index < -0.39 is 8.80 Å². The number of unbranched alkanes of at least 4 members (excludes halogenated alkanes) is 3. The molecule has 0 fully saturated rings. The summed E-state index contributed by atoms with van der Waals surface area (Å²) in [6.07, 6.45) is 10.4. The van der Waals surface area contributed by atoms with E-state index in [1.807, 2.05) is 0 Å². The van der Waals surface area contributed by atoms with Crippen molar-refractivity contribution in [3.05, 3.63) is 12.3 Å². The normalized spacial score (nSPS) is 14.6. The fourth-order valence-electron chi connectivity index (χ4n) is 1.04. The topological polar surface area (TPSA) is 64.8 Å². The Balaban J connectivity index is 4.69. The lowest BCUT2D eigenvalue weighted by Crippen LogP contribution is -2.39. The molecule has 6 nitrogen and oxygen atoms in total. The van der Waals surface area contributed by atoms with E-state index in [1.165, 1.54) is 5.70 Å². The Morgan fingerprint density at radius 1 is 0.762 bits per heavy atom. The van der Waals surface area contributed by atoms with E-state index in [2.05, 4.69) is 42.8 Å². The Morgan fingerprint density at radius 2 is 1.10 bits per heavy atom. The van der Waals surface area contributed by atoms with E-state index >= 15 is 0 Å². The van der Waals surface area contributed by atoms with Crippen molar-refractivity contribution < 1.29 is 13.6 Å². The molecule has 0 saturated heterocycles. The summed E-state index contributed by atoms with van der Waals surface area (Å²) in [6.45, 7) is 9.87. The summed E-state index contributed by atoms with van der Waals surface area (Å²) in [5.74, 6) is 0. The van der Waals surface area contributed by atoms with Gasteiger partial charge in [0.15, 0.2) is 0 Å². The van der Waals surface area contributed by atoms with Gasteiger partial charge in [-0.2, -0.15) is 0 Å². The Bertz CT molecular complexity index is 301. The molecule has 0 unspecified atom stereocenters. The molecule has 21 heavy (non-hydrogen) atoms. The van der Waals surface area contributed by atoms with E-state index in [-0.39, 0.29) is 0 Å². The summed E-state index contributed by atoms with van der Waals surface area (Å²) in [6, 6.07) is 0. The molecule has 0 aromatic heterocycles. The van der Waals surface area contributed by atoms with E-state index in [9.17, 15) is 0 Å². The van der Waals surface area contributed by atoms with E-state index in [0.29, 0.717) is 0 Å². The molecule has 0 rings (SSSR count). The van der Waals surface area contributed by atoms with Gasteiger partial charge in [-0.15, -0.1) is 15.5 Å². The predicted octanol–water partition coefficient (Wildman–Crippen LogP) is 4.06. The van der Waals surface area contributed by atoms with Crippen LogP contribution in [0.3, 0.4) is 0 Å². The maximum absolute atomic E-state index is 5.36. The van der Waals surface area contributed by atoms with E-state index in [0.717, 1.165) is 38.5 Å². The fraction of sp³-hybridized carbons (Fsp3) is 0.643. The van der Waals surface area contributed by atoms with Gasteiger partial charge in [-0.05, 0) is 19.3 Å². The van der Waals surface area contributed by atoms with Crippen LogP contribution in [-0.2, 0) is 13.6 Å². The minimum absolute atomic E-state index is 0.819. The first-order valence-corrected chi connectivity index (χ1v) is 9.28. The number of hydrogen-bond acceptors (Lipinski definition) is 6. The lowest BCUT2D eigenvalue weighted by molar-refractivity contribution is 0.0802. The number of oxime groups is 3. The molecule has 0 atom stereocenters. The Morgan fingerprint density at radius 3 is 1.33 bits per heavy atom. The molecule has 7 heteroatoms. The highest BCUT2D eigenvalue weighted by molar-refractivity contribution is 6.66. The lowest BCUT2D eigenvalue weighted by atomic mass is 10.4. The molecule has 0 aliphatic rings. The highest BCUT2D eigenvalue weighted by Gasteiger charge is 2.48. The zero-order valence-electron chi connectivity index (χ0n) is 13.3. The third-order valence-electron chi connectivity index (χ3n) is 2.27. The van der Waals surface area contributed by atoms with Gasteiger partial charge in [-0.1, -0.05) is 46.6 Å². The first kappa shape index (κ1) is 19.4. The van der Waals surface area contributed by atoms with Gasteiger partial charge in [-0.25, -0.2) is 0 Å². The molecule has 0 spiro atoms. The predicted molar refractivity (Wildman–Crippen MR) is 89.4 cm³/mol. The second-order valence-corrected chi connectivity index (χ2v) is 6.47. The quantitative estimate of drug-likeness (QED) is 0.292. The van der Waals surface area contributed by atoms with Gasteiger partial charge in [0.1, 0.15) is 0 Å². The Hall–Kier alpha value is -1.63. The van der Waals surface area contributed by atoms with Gasteiger partial charge in [0.2, 0.25) is 0 Å².